The van der Waals surface area contributed by atoms with E-state index in [1.165, 1.54) is 7.11 Å². The number of methoxy groups -OCH3 is 1. The lowest BCUT2D eigenvalue weighted by molar-refractivity contribution is 0.0601. The second kappa shape index (κ2) is 7.30. The number of carbonyl (C=O) groups is 1. The Morgan fingerprint density at radius 2 is 2.07 bits per heavy atom. The van der Waals surface area contributed by atoms with Gasteiger partial charge < -0.3 is 20.4 Å². The number of hydrogen-bond donors (Lipinski definition) is 2. The number of hydrogen-bond acceptors (Lipinski definition) is 5. The Kier molecular flexibility index (Phi) is 4.83. The van der Waals surface area contributed by atoms with Crippen LogP contribution in [0.2, 0.25) is 5.02 Å². The molecule has 0 fully saturated rings. The summed E-state index contributed by atoms with van der Waals surface area (Å²) in [6.45, 7) is 1.33. The van der Waals surface area contributed by atoms with Crippen molar-refractivity contribution in [3.63, 3.8) is 0 Å². The molecular formula is C21H21ClN4O2. The molecule has 28 heavy (non-hydrogen) atoms. The van der Waals surface area contributed by atoms with Crippen LogP contribution in [0.4, 0.5) is 5.69 Å². The van der Waals surface area contributed by atoms with Crippen molar-refractivity contribution in [1.29, 1.82) is 0 Å². The number of nitrogens with one attached hydrogen (secondary N) is 1. The predicted octanol–water partition coefficient (Wildman–Crippen LogP) is 4.08. The molecule has 0 amide bonds. The molecule has 144 valence electrons. The van der Waals surface area contributed by atoms with Gasteiger partial charge in [0.15, 0.2) is 0 Å². The number of aryl methyl sites for hydroxylation is 1. The molecule has 0 radical (unpaired) electrons. The van der Waals surface area contributed by atoms with Crippen LogP contribution in [0.3, 0.4) is 0 Å². The molecule has 6 nitrogen and oxygen atoms in total. The van der Waals surface area contributed by atoms with E-state index in [1.807, 2.05) is 41.9 Å². The lowest BCUT2D eigenvalue weighted by Gasteiger charge is -2.12. The minimum atomic E-state index is -0.367. The Hall–Kier alpha value is -2.83. The third-order valence-corrected chi connectivity index (χ3v) is 5.21. The molecule has 0 unspecified atom stereocenters. The molecule has 2 heterocycles. The van der Waals surface area contributed by atoms with Crippen LogP contribution >= 0.6 is 11.6 Å². The molecule has 0 aliphatic carbocycles. The molecular weight excluding hydrogens is 376 g/mol. The van der Waals surface area contributed by atoms with Gasteiger partial charge in [0.05, 0.1) is 34.8 Å². The van der Waals surface area contributed by atoms with E-state index in [1.54, 1.807) is 6.07 Å². The Balaban J connectivity index is 2.10. The number of nitrogens with zero attached hydrogens (tertiary/aromatic N) is 2. The third-order valence-electron chi connectivity index (χ3n) is 4.98. The molecule has 0 atom stereocenters. The fourth-order valence-corrected chi connectivity index (χ4v) is 3.78. The smallest absolute Gasteiger partial charge is 0.337 e. The molecule has 7 heteroatoms. The summed E-state index contributed by atoms with van der Waals surface area (Å²) in [4.78, 5) is 16.9. The molecule has 2 aromatic carbocycles. The summed E-state index contributed by atoms with van der Waals surface area (Å²) in [5.74, 6) is -0.367. The molecule has 3 N–H and O–H groups in total. The number of anilines is 1. The van der Waals surface area contributed by atoms with E-state index in [0.717, 1.165) is 51.5 Å². The Morgan fingerprint density at radius 3 is 2.82 bits per heavy atom. The summed E-state index contributed by atoms with van der Waals surface area (Å²) in [7, 11) is 3.35. The maximum absolute atomic E-state index is 12.1. The molecule has 2 aromatic heterocycles. The first-order valence-corrected chi connectivity index (χ1v) is 9.46. The minimum Gasteiger partial charge on any atom is -0.465 e. The fourth-order valence-electron chi connectivity index (χ4n) is 3.61. The zero-order chi connectivity index (χ0) is 19.8. The molecule has 0 saturated carbocycles. The first-order chi connectivity index (χ1) is 13.5. The second-order valence-electron chi connectivity index (χ2n) is 6.70. The van der Waals surface area contributed by atoms with Gasteiger partial charge in [-0.2, -0.15) is 0 Å². The largest absolute Gasteiger partial charge is 0.465 e. The number of esters is 1. The first kappa shape index (κ1) is 18.5. The van der Waals surface area contributed by atoms with Gasteiger partial charge >= 0.3 is 5.97 Å². The van der Waals surface area contributed by atoms with E-state index in [2.05, 4.69) is 5.32 Å². The molecule has 0 aliphatic rings. The van der Waals surface area contributed by atoms with Gasteiger partial charge in [-0.25, -0.2) is 9.78 Å². The molecule has 4 aromatic rings. The maximum atomic E-state index is 12.1. The third kappa shape index (κ3) is 2.95. The van der Waals surface area contributed by atoms with Gasteiger partial charge in [-0.3, -0.25) is 0 Å². The molecule has 4 rings (SSSR count). The first-order valence-electron chi connectivity index (χ1n) is 9.08. The Bertz CT molecular complexity index is 1220. The summed E-state index contributed by atoms with van der Waals surface area (Å²) in [6.07, 6.45) is 0.837. The molecule has 0 bridgehead atoms. The molecule has 0 saturated heterocycles. The summed E-state index contributed by atoms with van der Waals surface area (Å²) in [5.41, 5.74) is 9.80. The van der Waals surface area contributed by atoms with Crippen LogP contribution in [0.5, 0.6) is 0 Å². The lowest BCUT2D eigenvalue weighted by atomic mass is 10.1. The number of halogens is 1. The zero-order valence-corrected chi connectivity index (χ0v) is 16.5. The normalized spacial score (nSPS) is 11.4. The van der Waals surface area contributed by atoms with Crippen LogP contribution in [0, 0.1) is 0 Å². The highest BCUT2D eigenvalue weighted by Crippen LogP contribution is 2.38. The van der Waals surface area contributed by atoms with Gasteiger partial charge in [0, 0.05) is 29.4 Å². The van der Waals surface area contributed by atoms with Gasteiger partial charge in [-0.05, 0) is 49.4 Å². The van der Waals surface area contributed by atoms with Gasteiger partial charge in [0.1, 0.15) is 5.65 Å². The topological polar surface area (TPSA) is 82.2 Å². The lowest BCUT2D eigenvalue weighted by Crippen LogP contribution is -2.09. The van der Waals surface area contributed by atoms with E-state index in [4.69, 9.17) is 27.1 Å². The van der Waals surface area contributed by atoms with E-state index < -0.39 is 0 Å². The van der Waals surface area contributed by atoms with Crippen LogP contribution in [0.25, 0.3) is 32.8 Å². The quantitative estimate of drug-likeness (QED) is 0.392. The van der Waals surface area contributed by atoms with E-state index in [0.29, 0.717) is 17.1 Å². The number of carbonyl (C=O) groups excluding carboxylic acids is 1. The van der Waals surface area contributed by atoms with Gasteiger partial charge in [0.2, 0.25) is 0 Å². The minimum absolute atomic E-state index is 0.367. The van der Waals surface area contributed by atoms with Crippen LogP contribution in [-0.2, 0) is 11.8 Å². The van der Waals surface area contributed by atoms with Crippen molar-refractivity contribution in [3.05, 3.63) is 47.0 Å². The van der Waals surface area contributed by atoms with Crippen molar-refractivity contribution in [2.45, 2.75) is 6.42 Å². The Morgan fingerprint density at radius 1 is 1.25 bits per heavy atom. The van der Waals surface area contributed by atoms with Crippen molar-refractivity contribution in [2.75, 3.05) is 25.5 Å². The van der Waals surface area contributed by atoms with Gasteiger partial charge in [-0.1, -0.05) is 11.6 Å². The van der Waals surface area contributed by atoms with E-state index in [-0.39, 0.29) is 5.97 Å². The van der Waals surface area contributed by atoms with Crippen LogP contribution < -0.4 is 11.1 Å². The number of ether oxygens (including phenoxy) is 1. The highest BCUT2D eigenvalue weighted by Gasteiger charge is 2.18. The number of pyridine rings is 1. The second-order valence-corrected chi connectivity index (χ2v) is 7.13. The van der Waals surface area contributed by atoms with Gasteiger partial charge in [0.25, 0.3) is 0 Å². The van der Waals surface area contributed by atoms with Crippen LogP contribution in [-0.4, -0.2) is 35.7 Å². The van der Waals surface area contributed by atoms with Crippen molar-refractivity contribution < 1.29 is 9.53 Å². The number of rotatable bonds is 5. The van der Waals surface area contributed by atoms with Crippen LogP contribution in [0.1, 0.15) is 16.8 Å². The van der Waals surface area contributed by atoms with Crippen molar-refractivity contribution in [2.24, 2.45) is 12.8 Å². The van der Waals surface area contributed by atoms with Crippen molar-refractivity contribution in [1.82, 2.24) is 9.55 Å². The highest BCUT2D eigenvalue weighted by atomic mass is 35.5. The summed E-state index contributed by atoms with van der Waals surface area (Å²) in [5, 5.41) is 6.99. The zero-order valence-electron chi connectivity index (χ0n) is 15.8. The number of nitrogens with two attached hydrogens (primary N) is 1. The maximum Gasteiger partial charge on any atom is 0.337 e. The monoisotopic (exact) mass is 396 g/mol. The van der Waals surface area contributed by atoms with Crippen LogP contribution in [0.15, 0.2) is 36.4 Å². The predicted molar refractivity (Wildman–Crippen MR) is 114 cm³/mol. The van der Waals surface area contributed by atoms with Crippen molar-refractivity contribution >= 4 is 56.1 Å². The summed E-state index contributed by atoms with van der Waals surface area (Å²) < 4.78 is 6.93. The molecule has 0 spiro atoms. The standard InChI is InChI=1S/C21H21ClN4O2/c1-26-17-7-4-12(21(27)28-2)10-15(17)18-19(24-9-3-8-23)14-11-13(22)5-6-16(14)25-20(18)26/h4-7,10-11H,3,8-9,23H2,1-2H3,(H,24,25). The van der Waals surface area contributed by atoms with Gasteiger partial charge in [-0.15, -0.1) is 0 Å². The number of fused-ring (bicyclic) bond motifs is 4. The highest BCUT2D eigenvalue weighted by molar-refractivity contribution is 6.32. The van der Waals surface area contributed by atoms with Crippen molar-refractivity contribution in [3.8, 4) is 0 Å². The Labute approximate surface area is 167 Å². The SMILES string of the molecule is COC(=O)c1ccc2c(c1)c1c(NCCCN)c3cc(Cl)ccc3nc1n2C. The number of aromatic nitrogens is 2. The number of benzene rings is 2. The summed E-state index contributed by atoms with van der Waals surface area (Å²) >= 11 is 6.27. The average Bonchev–Trinajstić information content (AvgIpc) is 2.99. The summed E-state index contributed by atoms with van der Waals surface area (Å²) in [6, 6.07) is 11.2. The fraction of sp³-hybridized carbons (Fsp3) is 0.238. The molecule has 0 aliphatic heterocycles. The van der Waals surface area contributed by atoms with E-state index >= 15 is 0 Å². The van der Waals surface area contributed by atoms with E-state index in [9.17, 15) is 4.79 Å². The average molecular weight is 397 g/mol.